The van der Waals surface area contributed by atoms with Crippen LogP contribution in [-0.2, 0) is 4.79 Å². The monoisotopic (exact) mass is 402 g/mol. The second-order valence-corrected chi connectivity index (χ2v) is 7.94. The summed E-state index contributed by atoms with van der Waals surface area (Å²) in [6, 6.07) is 9.85. The SMILES string of the molecule is CCC(CC)NC(=O)CSc1nc2scc(-c3ccccc3)c2c(=O)n1N. The van der Waals surface area contributed by atoms with Gasteiger partial charge in [-0.3, -0.25) is 9.59 Å². The van der Waals surface area contributed by atoms with Crippen LogP contribution in [-0.4, -0.2) is 27.4 Å². The predicted molar refractivity (Wildman–Crippen MR) is 113 cm³/mol. The fourth-order valence-electron chi connectivity index (χ4n) is 2.81. The lowest BCUT2D eigenvalue weighted by Crippen LogP contribution is -2.35. The Morgan fingerprint density at radius 3 is 2.67 bits per heavy atom. The van der Waals surface area contributed by atoms with E-state index in [-0.39, 0.29) is 23.3 Å². The summed E-state index contributed by atoms with van der Waals surface area (Å²) in [4.78, 5) is 30.1. The molecule has 0 aliphatic heterocycles. The molecular weight excluding hydrogens is 380 g/mol. The number of thioether (sulfide) groups is 1. The zero-order valence-electron chi connectivity index (χ0n) is 15.3. The number of thiophene rings is 1. The highest BCUT2D eigenvalue weighted by atomic mass is 32.2. The molecule has 0 radical (unpaired) electrons. The molecule has 0 atom stereocenters. The standard InChI is InChI=1S/C19H22N4O2S2/c1-3-13(4-2)21-15(24)11-27-19-22-17-16(18(25)23(19)20)14(10-26-17)12-8-6-5-7-9-12/h5-10,13H,3-4,11,20H2,1-2H3,(H,21,24). The van der Waals surface area contributed by atoms with Crippen LogP contribution in [0.2, 0.25) is 0 Å². The number of aromatic nitrogens is 2. The number of amides is 1. The molecule has 1 aromatic carbocycles. The topological polar surface area (TPSA) is 90.0 Å². The molecule has 0 spiro atoms. The Hall–Kier alpha value is -2.32. The second-order valence-electron chi connectivity index (χ2n) is 6.13. The van der Waals surface area contributed by atoms with Crippen LogP contribution < -0.4 is 16.7 Å². The first-order valence-electron chi connectivity index (χ1n) is 8.82. The lowest BCUT2D eigenvalue weighted by atomic mass is 10.1. The van der Waals surface area contributed by atoms with Crippen LogP contribution >= 0.6 is 23.1 Å². The van der Waals surface area contributed by atoms with Gasteiger partial charge in [0.25, 0.3) is 5.56 Å². The van der Waals surface area contributed by atoms with Crippen molar-refractivity contribution in [3.05, 3.63) is 46.1 Å². The molecule has 0 bridgehead atoms. The highest BCUT2D eigenvalue weighted by molar-refractivity contribution is 7.99. The molecule has 3 rings (SSSR count). The predicted octanol–water partition coefficient (Wildman–Crippen LogP) is 3.24. The molecule has 0 aliphatic rings. The largest absolute Gasteiger partial charge is 0.353 e. The maximum Gasteiger partial charge on any atom is 0.282 e. The molecule has 3 N–H and O–H groups in total. The van der Waals surface area contributed by atoms with E-state index in [0.29, 0.717) is 15.4 Å². The maximum absolute atomic E-state index is 12.8. The van der Waals surface area contributed by atoms with Crippen molar-refractivity contribution in [1.82, 2.24) is 15.0 Å². The number of carbonyl (C=O) groups is 1. The Bertz CT molecular complexity index is 994. The van der Waals surface area contributed by atoms with E-state index in [1.165, 1.54) is 23.1 Å². The van der Waals surface area contributed by atoms with E-state index in [9.17, 15) is 9.59 Å². The van der Waals surface area contributed by atoms with Crippen molar-refractivity contribution < 1.29 is 4.79 Å². The van der Waals surface area contributed by atoms with Gasteiger partial charge in [0.15, 0.2) is 5.16 Å². The Labute approximate surface area is 165 Å². The summed E-state index contributed by atoms with van der Waals surface area (Å²) < 4.78 is 1.04. The summed E-state index contributed by atoms with van der Waals surface area (Å²) in [5, 5.41) is 5.74. The fraction of sp³-hybridized carbons (Fsp3) is 0.316. The van der Waals surface area contributed by atoms with E-state index in [2.05, 4.69) is 10.3 Å². The van der Waals surface area contributed by atoms with Crippen molar-refractivity contribution in [3.8, 4) is 11.1 Å². The molecule has 0 fully saturated rings. The highest BCUT2D eigenvalue weighted by Crippen LogP contribution is 2.31. The third-order valence-corrected chi connectivity index (χ3v) is 6.20. The van der Waals surface area contributed by atoms with Crippen LogP contribution in [0.4, 0.5) is 0 Å². The van der Waals surface area contributed by atoms with Gasteiger partial charge >= 0.3 is 0 Å². The van der Waals surface area contributed by atoms with Gasteiger partial charge in [-0.05, 0) is 18.4 Å². The number of nitrogens with one attached hydrogen (secondary N) is 1. The number of nitrogen functional groups attached to an aromatic ring is 1. The molecule has 3 aromatic rings. The van der Waals surface area contributed by atoms with E-state index in [1.807, 2.05) is 49.6 Å². The molecule has 0 unspecified atom stereocenters. The van der Waals surface area contributed by atoms with Gasteiger partial charge in [-0.15, -0.1) is 11.3 Å². The minimum Gasteiger partial charge on any atom is -0.353 e. The van der Waals surface area contributed by atoms with Crippen molar-refractivity contribution in [3.63, 3.8) is 0 Å². The molecule has 1 amide bonds. The zero-order chi connectivity index (χ0) is 19.4. The third-order valence-electron chi connectivity index (χ3n) is 4.38. The molecule has 142 valence electrons. The van der Waals surface area contributed by atoms with E-state index in [0.717, 1.165) is 28.6 Å². The minimum atomic E-state index is -0.303. The molecule has 2 aromatic heterocycles. The average molecular weight is 403 g/mol. The summed E-state index contributed by atoms with van der Waals surface area (Å²) in [5.74, 6) is 6.07. The molecule has 0 saturated heterocycles. The molecule has 0 aliphatic carbocycles. The highest BCUT2D eigenvalue weighted by Gasteiger charge is 2.17. The average Bonchev–Trinajstić information content (AvgIpc) is 3.12. The lowest BCUT2D eigenvalue weighted by Gasteiger charge is -2.14. The van der Waals surface area contributed by atoms with Crippen molar-refractivity contribution in [2.45, 2.75) is 37.9 Å². The zero-order valence-corrected chi connectivity index (χ0v) is 16.9. The van der Waals surface area contributed by atoms with Crippen LogP contribution in [0.15, 0.2) is 45.7 Å². The molecular formula is C19H22N4O2S2. The number of nitrogens with two attached hydrogens (primary N) is 1. The first kappa shape index (κ1) is 19.4. The number of carbonyl (C=O) groups excluding carboxylic acids is 1. The Balaban J connectivity index is 1.86. The van der Waals surface area contributed by atoms with E-state index >= 15 is 0 Å². The summed E-state index contributed by atoms with van der Waals surface area (Å²) in [6.45, 7) is 4.07. The van der Waals surface area contributed by atoms with Gasteiger partial charge in [-0.25, -0.2) is 9.66 Å². The van der Waals surface area contributed by atoms with Gasteiger partial charge < -0.3 is 11.2 Å². The number of hydrogen-bond acceptors (Lipinski definition) is 6. The molecule has 2 heterocycles. The van der Waals surface area contributed by atoms with Gasteiger partial charge in [0.1, 0.15) is 4.83 Å². The van der Waals surface area contributed by atoms with Gasteiger partial charge in [-0.1, -0.05) is 55.9 Å². The quantitative estimate of drug-likeness (QED) is 0.360. The third kappa shape index (κ3) is 4.17. The number of fused-ring (bicyclic) bond motifs is 1. The van der Waals surface area contributed by atoms with Gasteiger partial charge in [-0.2, -0.15) is 0 Å². The number of hydrogen-bond donors (Lipinski definition) is 2. The number of benzene rings is 1. The number of rotatable bonds is 7. The summed E-state index contributed by atoms with van der Waals surface area (Å²) in [6.07, 6.45) is 1.77. The van der Waals surface area contributed by atoms with Crippen LogP contribution in [0.3, 0.4) is 0 Å². The normalized spacial score (nSPS) is 11.2. The number of nitrogens with zero attached hydrogens (tertiary/aromatic N) is 2. The lowest BCUT2D eigenvalue weighted by molar-refractivity contribution is -0.119. The Morgan fingerprint density at radius 2 is 2.00 bits per heavy atom. The van der Waals surface area contributed by atoms with Crippen LogP contribution in [0.1, 0.15) is 26.7 Å². The first-order chi connectivity index (χ1) is 13.0. The van der Waals surface area contributed by atoms with Crippen molar-refractivity contribution in [2.24, 2.45) is 0 Å². The van der Waals surface area contributed by atoms with Crippen LogP contribution in [0.25, 0.3) is 21.3 Å². The van der Waals surface area contributed by atoms with E-state index in [1.54, 1.807) is 0 Å². The van der Waals surface area contributed by atoms with E-state index in [4.69, 9.17) is 5.84 Å². The smallest absolute Gasteiger partial charge is 0.282 e. The Kier molecular flexibility index (Phi) is 6.18. The van der Waals surface area contributed by atoms with Gasteiger partial charge in [0.05, 0.1) is 11.1 Å². The second kappa shape index (κ2) is 8.58. The van der Waals surface area contributed by atoms with Gasteiger partial charge in [0, 0.05) is 17.0 Å². The molecule has 6 nitrogen and oxygen atoms in total. The van der Waals surface area contributed by atoms with E-state index < -0.39 is 0 Å². The minimum absolute atomic E-state index is 0.0841. The first-order valence-corrected chi connectivity index (χ1v) is 10.7. The van der Waals surface area contributed by atoms with Gasteiger partial charge in [0.2, 0.25) is 5.91 Å². The molecule has 0 saturated carbocycles. The van der Waals surface area contributed by atoms with Crippen molar-refractivity contribution >= 4 is 39.2 Å². The molecule has 8 heteroatoms. The Morgan fingerprint density at radius 1 is 1.30 bits per heavy atom. The summed E-state index contributed by atoms with van der Waals surface area (Å²) >= 11 is 2.58. The van der Waals surface area contributed by atoms with Crippen LogP contribution in [0, 0.1) is 0 Å². The van der Waals surface area contributed by atoms with Crippen LogP contribution in [0.5, 0.6) is 0 Å². The maximum atomic E-state index is 12.8. The molecule has 27 heavy (non-hydrogen) atoms. The fourth-order valence-corrected chi connectivity index (χ4v) is 4.53. The summed E-state index contributed by atoms with van der Waals surface area (Å²) in [5.41, 5.74) is 1.48. The summed E-state index contributed by atoms with van der Waals surface area (Å²) in [7, 11) is 0. The van der Waals surface area contributed by atoms with Crippen molar-refractivity contribution in [2.75, 3.05) is 11.6 Å². The van der Waals surface area contributed by atoms with Crippen molar-refractivity contribution in [1.29, 1.82) is 0 Å².